The smallest absolute Gasteiger partial charge is 0.306 e. The lowest BCUT2D eigenvalue weighted by Crippen LogP contribution is -2.30. The first-order valence-electron chi connectivity index (χ1n) is 34.2. The number of carbonyl (C=O) groups is 3. The Morgan fingerprint density at radius 1 is 0.263 bits per heavy atom. The van der Waals surface area contributed by atoms with Crippen LogP contribution in [0.4, 0.5) is 0 Å². The molecule has 1 unspecified atom stereocenters. The molecule has 0 N–H and O–H groups in total. The normalized spacial score (nSPS) is 12.7. The van der Waals surface area contributed by atoms with Gasteiger partial charge < -0.3 is 14.2 Å². The van der Waals surface area contributed by atoms with E-state index in [1.165, 1.54) is 186 Å². The van der Waals surface area contributed by atoms with E-state index in [1.54, 1.807) is 0 Å². The lowest BCUT2D eigenvalue weighted by atomic mass is 10.0. The van der Waals surface area contributed by atoms with Crippen molar-refractivity contribution < 1.29 is 28.6 Å². The van der Waals surface area contributed by atoms with Gasteiger partial charge in [0, 0.05) is 19.3 Å². The Kier molecular flexibility index (Phi) is 64.7. The van der Waals surface area contributed by atoms with Gasteiger partial charge in [0.25, 0.3) is 0 Å². The molecule has 0 radical (unpaired) electrons. The maximum Gasteiger partial charge on any atom is 0.306 e. The van der Waals surface area contributed by atoms with E-state index in [4.69, 9.17) is 14.2 Å². The Labute approximate surface area is 496 Å². The summed E-state index contributed by atoms with van der Waals surface area (Å²) in [6.07, 6.45) is 91.3. The van der Waals surface area contributed by atoms with Crippen molar-refractivity contribution in [3.8, 4) is 0 Å². The van der Waals surface area contributed by atoms with Gasteiger partial charge in [-0.3, -0.25) is 14.4 Å². The maximum atomic E-state index is 12.9. The molecule has 1 atom stereocenters. The van der Waals surface area contributed by atoms with Gasteiger partial charge in [-0.1, -0.05) is 311 Å². The van der Waals surface area contributed by atoms with Crippen LogP contribution in [0.1, 0.15) is 335 Å². The predicted octanol–water partition coefficient (Wildman–Crippen LogP) is 23.6. The summed E-state index contributed by atoms with van der Waals surface area (Å²) in [5.41, 5.74) is 0. The van der Waals surface area contributed by atoms with E-state index in [0.29, 0.717) is 19.3 Å². The summed E-state index contributed by atoms with van der Waals surface area (Å²) in [4.78, 5) is 38.4. The average Bonchev–Trinajstić information content (AvgIpc) is 3.46. The zero-order valence-electron chi connectivity index (χ0n) is 52.8. The molecule has 6 heteroatoms. The molecule has 0 bridgehead atoms. The Morgan fingerprint density at radius 3 is 0.775 bits per heavy atom. The van der Waals surface area contributed by atoms with E-state index in [1.807, 2.05) is 0 Å². The van der Waals surface area contributed by atoms with Gasteiger partial charge in [0.15, 0.2) is 6.10 Å². The van der Waals surface area contributed by atoms with Crippen molar-refractivity contribution in [1.82, 2.24) is 0 Å². The standard InChI is InChI=1S/C74H128O6/c1-4-7-10-13-16-19-22-25-28-30-32-33-34-35-36-37-38-39-40-41-42-44-46-49-52-55-58-61-64-67-73(76)79-70-71(69-78-72(75)66-63-60-57-54-51-48-45-27-24-21-18-15-12-9-6-3)80-74(77)68-65-62-59-56-53-50-47-43-31-29-26-23-20-17-14-11-8-5-2/h7,10,16,19,25,28-29,31-33,35-36,38-39,41-42,71H,4-6,8-9,11-15,17-18,20-24,26-27,30,34,37,40,43-70H2,1-3H3/b10-7-,19-16-,28-25-,31-29-,33-32-,36-35-,39-38-,42-41-. The minimum absolute atomic E-state index is 0.0792. The number of hydrogen-bond acceptors (Lipinski definition) is 6. The molecule has 0 aliphatic carbocycles. The summed E-state index contributed by atoms with van der Waals surface area (Å²) < 4.78 is 17.0. The quantitative estimate of drug-likeness (QED) is 0.0261. The fraction of sp³-hybridized carbons (Fsp3) is 0.743. The van der Waals surface area contributed by atoms with Crippen LogP contribution in [0, 0.1) is 0 Å². The molecular weight excluding hydrogens is 985 g/mol. The van der Waals surface area contributed by atoms with Crippen LogP contribution in [0.15, 0.2) is 97.2 Å². The highest BCUT2D eigenvalue weighted by Crippen LogP contribution is 2.17. The summed E-state index contributed by atoms with van der Waals surface area (Å²) in [7, 11) is 0. The molecule has 0 saturated heterocycles. The maximum absolute atomic E-state index is 12.9. The lowest BCUT2D eigenvalue weighted by molar-refractivity contribution is -0.167. The number of rotatable bonds is 62. The first kappa shape index (κ1) is 76.3. The molecule has 0 amide bonds. The van der Waals surface area contributed by atoms with Gasteiger partial charge in [-0.2, -0.15) is 0 Å². The van der Waals surface area contributed by atoms with Crippen molar-refractivity contribution >= 4 is 17.9 Å². The molecule has 6 nitrogen and oxygen atoms in total. The Balaban J connectivity index is 4.34. The summed E-state index contributed by atoms with van der Waals surface area (Å²) in [5.74, 6) is -0.880. The van der Waals surface area contributed by atoms with Crippen molar-refractivity contribution in [3.05, 3.63) is 97.2 Å². The summed E-state index contributed by atoms with van der Waals surface area (Å²) in [6, 6.07) is 0. The number of allylic oxidation sites excluding steroid dienone is 16. The topological polar surface area (TPSA) is 78.9 Å². The van der Waals surface area contributed by atoms with Gasteiger partial charge in [0.2, 0.25) is 0 Å². The van der Waals surface area contributed by atoms with E-state index in [-0.39, 0.29) is 31.1 Å². The zero-order chi connectivity index (χ0) is 57.8. The third-order valence-corrected chi connectivity index (χ3v) is 14.8. The number of unbranched alkanes of at least 4 members (excludes halogenated alkanes) is 35. The summed E-state index contributed by atoms with van der Waals surface area (Å²) in [6.45, 7) is 6.55. The van der Waals surface area contributed by atoms with E-state index < -0.39 is 6.10 Å². The van der Waals surface area contributed by atoms with Gasteiger partial charge >= 0.3 is 17.9 Å². The molecule has 0 spiro atoms. The van der Waals surface area contributed by atoms with E-state index in [2.05, 4.69) is 118 Å². The van der Waals surface area contributed by atoms with Crippen LogP contribution in [0.5, 0.6) is 0 Å². The van der Waals surface area contributed by atoms with Crippen molar-refractivity contribution in [3.63, 3.8) is 0 Å². The van der Waals surface area contributed by atoms with Crippen LogP contribution in [-0.2, 0) is 28.6 Å². The highest BCUT2D eigenvalue weighted by Gasteiger charge is 2.19. The van der Waals surface area contributed by atoms with Crippen molar-refractivity contribution in [2.75, 3.05) is 13.2 Å². The zero-order valence-corrected chi connectivity index (χ0v) is 52.8. The summed E-state index contributed by atoms with van der Waals surface area (Å²) in [5, 5.41) is 0. The fourth-order valence-electron chi connectivity index (χ4n) is 9.71. The fourth-order valence-corrected chi connectivity index (χ4v) is 9.71. The number of esters is 3. The van der Waals surface area contributed by atoms with E-state index >= 15 is 0 Å². The van der Waals surface area contributed by atoms with Gasteiger partial charge in [0.05, 0.1) is 0 Å². The second-order valence-electron chi connectivity index (χ2n) is 22.7. The van der Waals surface area contributed by atoms with Crippen molar-refractivity contribution in [2.24, 2.45) is 0 Å². The molecular formula is C74H128O6. The highest BCUT2D eigenvalue weighted by atomic mass is 16.6. The molecule has 0 rings (SSSR count). The molecule has 0 aliphatic rings. The number of hydrogen-bond donors (Lipinski definition) is 0. The molecule has 0 saturated carbocycles. The minimum atomic E-state index is -0.785. The van der Waals surface area contributed by atoms with Crippen LogP contribution < -0.4 is 0 Å². The molecule has 0 aliphatic heterocycles. The third-order valence-electron chi connectivity index (χ3n) is 14.8. The van der Waals surface area contributed by atoms with Crippen LogP contribution in [0.3, 0.4) is 0 Å². The second kappa shape index (κ2) is 67.8. The third kappa shape index (κ3) is 65.1. The number of carbonyl (C=O) groups excluding carboxylic acids is 3. The molecule has 80 heavy (non-hydrogen) atoms. The SMILES string of the molecule is CC/C=C\C/C=C\C/C=C\C/C=C\C/C=C\C/C=C\C/C=C\CCCCCCCCCC(=O)OCC(COC(=O)CCCCCCCCCCCCCCCCC)OC(=O)CCCCCCCCC/C=C\CCCCCCCCC. The van der Waals surface area contributed by atoms with Gasteiger partial charge in [-0.15, -0.1) is 0 Å². The summed E-state index contributed by atoms with van der Waals surface area (Å²) >= 11 is 0. The molecule has 0 fully saturated rings. The van der Waals surface area contributed by atoms with Crippen LogP contribution >= 0.6 is 0 Å². The molecule has 0 aromatic rings. The minimum Gasteiger partial charge on any atom is -0.462 e. The van der Waals surface area contributed by atoms with Crippen LogP contribution in [-0.4, -0.2) is 37.2 Å². The second-order valence-corrected chi connectivity index (χ2v) is 22.7. The Bertz CT molecular complexity index is 1560. The van der Waals surface area contributed by atoms with Crippen LogP contribution in [0.25, 0.3) is 0 Å². The predicted molar refractivity (Wildman–Crippen MR) is 348 cm³/mol. The average molecular weight is 1110 g/mol. The first-order valence-corrected chi connectivity index (χ1v) is 34.2. The van der Waals surface area contributed by atoms with E-state index in [0.717, 1.165) is 109 Å². The monoisotopic (exact) mass is 1110 g/mol. The van der Waals surface area contributed by atoms with Crippen molar-refractivity contribution in [2.45, 2.75) is 341 Å². The van der Waals surface area contributed by atoms with E-state index in [9.17, 15) is 14.4 Å². The van der Waals surface area contributed by atoms with Gasteiger partial charge in [0.1, 0.15) is 13.2 Å². The Morgan fingerprint density at radius 2 is 0.487 bits per heavy atom. The molecule has 0 heterocycles. The highest BCUT2D eigenvalue weighted by molar-refractivity contribution is 5.71. The largest absolute Gasteiger partial charge is 0.462 e. The van der Waals surface area contributed by atoms with Crippen molar-refractivity contribution in [1.29, 1.82) is 0 Å². The molecule has 0 aromatic heterocycles. The van der Waals surface area contributed by atoms with Crippen LogP contribution in [0.2, 0.25) is 0 Å². The first-order chi connectivity index (χ1) is 39.5. The lowest BCUT2D eigenvalue weighted by Gasteiger charge is -2.18. The van der Waals surface area contributed by atoms with Gasteiger partial charge in [-0.25, -0.2) is 0 Å². The molecule has 460 valence electrons. The number of ether oxygens (including phenoxy) is 3. The Hall–Kier alpha value is -3.67. The molecule has 0 aromatic carbocycles. The van der Waals surface area contributed by atoms with Gasteiger partial charge in [-0.05, 0) is 103 Å².